The molecule has 0 unspecified atom stereocenters. The average molecular weight is 454 g/mol. The van der Waals surface area contributed by atoms with Crippen LogP contribution in [0.25, 0.3) is 0 Å². The number of guanidine groups is 1. The number of pyridine rings is 1. The van der Waals surface area contributed by atoms with Gasteiger partial charge in [-0.3, -0.25) is 15.1 Å². The predicted molar refractivity (Wildman–Crippen MR) is 125 cm³/mol. The molecule has 1 spiro atoms. The first kappa shape index (κ1) is 23.2. The minimum Gasteiger partial charge on any atom is -0.493 e. The fourth-order valence-corrected chi connectivity index (χ4v) is 4.05. The van der Waals surface area contributed by atoms with Crippen LogP contribution in [0, 0.1) is 11.7 Å². The van der Waals surface area contributed by atoms with Crippen molar-refractivity contribution in [3.8, 4) is 5.75 Å². The zero-order chi connectivity index (χ0) is 23.4. The van der Waals surface area contributed by atoms with Crippen LogP contribution in [0.1, 0.15) is 37.9 Å². The highest BCUT2D eigenvalue weighted by Gasteiger charge is 2.46. The standard InChI is InChI=1S/C25H32FN5O2/c1-18(2)17-33-22-8-4-19(5-9-22)15-31(16-21-7-6-20(26)14-27-21)24-28-23(32)25(29-24)10-12-30(3)13-11-25/h4-9,14,18H,10-13,15-17H2,1-3H3,(H,28,29,32). The Morgan fingerprint density at radius 3 is 2.52 bits per heavy atom. The van der Waals surface area contributed by atoms with Crippen LogP contribution in [-0.2, 0) is 17.9 Å². The smallest absolute Gasteiger partial charge is 0.254 e. The van der Waals surface area contributed by atoms with Gasteiger partial charge in [-0.05, 0) is 55.6 Å². The van der Waals surface area contributed by atoms with Crippen LogP contribution in [0.3, 0.4) is 0 Å². The molecule has 4 rings (SSSR count). The van der Waals surface area contributed by atoms with E-state index in [1.807, 2.05) is 29.2 Å². The highest BCUT2D eigenvalue weighted by atomic mass is 19.1. The molecule has 0 bridgehead atoms. The molecule has 1 aromatic carbocycles. The first-order valence-corrected chi connectivity index (χ1v) is 11.5. The average Bonchev–Trinajstić information content (AvgIpc) is 3.12. The lowest BCUT2D eigenvalue weighted by Crippen LogP contribution is -2.48. The van der Waals surface area contributed by atoms with Crippen molar-refractivity contribution in [2.45, 2.75) is 45.3 Å². The van der Waals surface area contributed by atoms with Crippen molar-refractivity contribution in [2.75, 3.05) is 26.7 Å². The van der Waals surface area contributed by atoms with Crippen LogP contribution in [0.2, 0.25) is 0 Å². The zero-order valence-corrected chi connectivity index (χ0v) is 19.6. The Morgan fingerprint density at radius 1 is 1.15 bits per heavy atom. The third-order valence-corrected chi connectivity index (χ3v) is 6.10. The number of amides is 1. The fourth-order valence-electron chi connectivity index (χ4n) is 4.05. The number of piperidine rings is 1. The van der Waals surface area contributed by atoms with Gasteiger partial charge in [-0.1, -0.05) is 26.0 Å². The molecule has 176 valence electrons. The van der Waals surface area contributed by atoms with Crippen molar-refractivity contribution in [1.29, 1.82) is 0 Å². The first-order chi connectivity index (χ1) is 15.8. The topological polar surface area (TPSA) is 70.1 Å². The lowest BCUT2D eigenvalue weighted by Gasteiger charge is -2.33. The van der Waals surface area contributed by atoms with E-state index in [2.05, 4.69) is 36.1 Å². The van der Waals surface area contributed by atoms with E-state index in [-0.39, 0.29) is 11.7 Å². The molecule has 0 aliphatic carbocycles. The second-order valence-corrected chi connectivity index (χ2v) is 9.40. The number of hydrogen-bond acceptors (Lipinski definition) is 6. The lowest BCUT2D eigenvalue weighted by atomic mass is 9.88. The molecule has 1 amide bonds. The van der Waals surface area contributed by atoms with Crippen LogP contribution in [0.4, 0.5) is 4.39 Å². The van der Waals surface area contributed by atoms with Gasteiger partial charge in [0, 0.05) is 19.6 Å². The Kier molecular flexibility index (Phi) is 6.93. The van der Waals surface area contributed by atoms with Crippen LogP contribution < -0.4 is 10.1 Å². The monoisotopic (exact) mass is 453 g/mol. The van der Waals surface area contributed by atoms with Crippen LogP contribution in [-0.4, -0.2) is 58.9 Å². The van der Waals surface area contributed by atoms with Crippen molar-refractivity contribution in [3.05, 3.63) is 59.7 Å². The maximum absolute atomic E-state index is 13.4. The molecule has 1 saturated heterocycles. The van der Waals surface area contributed by atoms with Gasteiger partial charge in [0.25, 0.3) is 5.91 Å². The Bertz CT molecular complexity index is 983. The molecule has 33 heavy (non-hydrogen) atoms. The summed E-state index contributed by atoms with van der Waals surface area (Å²) in [5.41, 5.74) is 1.05. The van der Waals surface area contributed by atoms with E-state index in [9.17, 15) is 9.18 Å². The van der Waals surface area contributed by atoms with E-state index >= 15 is 0 Å². The van der Waals surface area contributed by atoms with Crippen molar-refractivity contribution < 1.29 is 13.9 Å². The van der Waals surface area contributed by atoms with Crippen molar-refractivity contribution in [1.82, 2.24) is 20.1 Å². The largest absolute Gasteiger partial charge is 0.493 e. The molecule has 0 saturated carbocycles. The summed E-state index contributed by atoms with van der Waals surface area (Å²) in [7, 11) is 2.06. The summed E-state index contributed by atoms with van der Waals surface area (Å²) in [5.74, 6) is 1.42. The molecule has 3 heterocycles. The maximum Gasteiger partial charge on any atom is 0.254 e. The highest BCUT2D eigenvalue weighted by Crippen LogP contribution is 2.30. The van der Waals surface area contributed by atoms with Crippen LogP contribution >= 0.6 is 0 Å². The number of aliphatic imine (C=N–C) groups is 1. The van der Waals surface area contributed by atoms with Gasteiger partial charge < -0.3 is 14.5 Å². The Hall–Kier alpha value is -3.00. The minimum atomic E-state index is -0.704. The normalized spacial score (nSPS) is 17.8. The Balaban J connectivity index is 1.55. The van der Waals surface area contributed by atoms with Gasteiger partial charge in [-0.2, -0.15) is 0 Å². The number of ether oxygens (including phenoxy) is 1. The summed E-state index contributed by atoms with van der Waals surface area (Å²) < 4.78 is 19.2. The Labute approximate surface area is 194 Å². The molecule has 2 aromatic rings. The van der Waals surface area contributed by atoms with Gasteiger partial charge in [-0.15, -0.1) is 0 Å². The SMILES string of the molecule is CC(C)COc1ccc(CN(Cc2ccc(F)cn2)C2=NC3(CCN(C)CC3)C(=O)N2)cc1. The lowest BCUT2D eigenvalue weighted by molar-refractivity contribution is -0.125. The number of carbonyl (C=O) groups is 1. The molecule has 2 aliphatic heterocycles. The van der Waals surface area contributed by atoms with E-state index in [1.54, 1.807) is 6.07 Å². The third-order valence-electron chi connectivity index (χ3n) is 6.10. The molecule has 0 atom stereocenters. The molecular formula is C25H32FN5O2. The maximum atomic E-state index is 13.4. The second-order valence-electron chi connectivity index (χ2n) is 9.40. The summed E-state index contributed by atoms with van der Waals surface area (Å²) in [6.45, 7) is 7.50. The van der Waals surface area contributed by atoms with E-state index < -0.39 is 5.54 Å². The summed E-state index contributed by atoms with van der Waals surface area (Å²) in [4.78, 5) is 26.3. The van der Waals surface area contributed by atoms with Gasteiger partial charge in [0.05, 0.1) is 25.0 Å². The minimum absolute atomic E-state index is 0.0416. The number of nitrogens with zero attached hydrogens (tertiary/aromatic N) is 4. The predicted octanol–water partition coefficient (Wildman–Crippen LogP) is 3.21. The molecule has 1 N–H and O–H groups in total. The quantitative estimate of drug-likeness (QED) is 0.697. The van der Waals surface area contributed by atoms with Crippen molar-refractivity contribution in [3.63, 3.8) is 0 Å². The van der Waals surface area contributed by atoms with Crippen molar-refractivity contribution in [2.24, 2.45) is 10.9 Å². The number of rotatable bonds is 7. The molecule has 8 heteroatoms. The van der Waals surface area contributed by atoms with Crippen LogP contribution in [0.15, 0.2) is 47.6 Å². The molecule has 7 nitrogen and oxygen atoms in total. The number of carbonyl (C=O) groups excluding carboxylic acids is 1. The number of hydrogen-bond donors (Lipinski definition) is 1. The van der Waals surface area contributed by atoms with E-state index in [4.69, 9.17) is 9.73 Å². The summed E-state index contributed by atoms with van der Waals surface area (Å²) >= 11 is 0. The molecular weight excluding hydrogens is 421 g/mol. The Morgan fingerprint density at radius 2 is 1.88 bits per heavy atom. The first-order valence-electron chi connectivity index (χ1n) is 11.5. The van der Waals surface area contributed by atoms with Gasteiger partial charge in [0.1, 0.15) is 17.1 Å². The van der Waals surface area contributed by atoms with E-state index in [0.29, 0.717) is 50.1 Å². The molecule has 0 radical (unpaired) electrons. The number of aromatic nitrogens is 1. The molecule has 2 aliphatic rings. The van der Waals surface area contributed by atoms with Gasteiger partial charge in [0.15, 0.2) is 0 Å². The second kappa shape index (κ2) is 9.87. The number of nitrogens with one attached hydrogen (secondary N) is 1. The van der Waals surface area contributed by atoms with Crippen molar-refractivity contribution >= 4 is 11.9 Å². The zero-order valence-electron chi connectivity index (χ0n) is 19.6. The van der Waals surface area contributed by atoms with Gasteiger partial charge in [0.2, 0.25) is 5.96 Å². The third kappa shape index (κ3) is 5.68. The summed E-state index contributed by atoms with van der Waals surface area (Å²) in [5, 5.41) is 3.02. The number of likely N-dealkylation sites (tertiary alicyclic amines) is 1. The van der Waals surface area contributed by atoms with Gasteiger partial charge in [-0.25, -0.2) is 9.38 Å². The van der Waals surface area contributed by atoms with Gasteiger partial charge >= 0.3 is 0 Å². The number of halogens is 1. The fraction of sp³-hybridized carbons (Fsp3) is 0.480. The highest BCUT2D eigenvalue weighted by molar-refractivity contribution is 6.07. The molecule has 1 aromatic heterocycles. The van der Waals surface area contributed by atoms with E-state index in [1.165, 1.54) is 12.3 Å². The van der Waals surface area contributed by atoms with E-state index in [0.717, 1.165) is 24.4 Å². The summed E-state index contributed by atoms with van der Waals surface area (Å²) in [6, 6.07) is 11.0. The number of benzene rings is 1. The molecule has 1 fully saturated rings. The summed E-state index contributed by atoms with van der Waals surface area (Å²) in [6.07, 6.45) is 2.61. The van der Waals surface area contributed by atoms with Crippen LogP contribution in [0.5, 0.6) is 5.75 Å².